The number of thiophene rings is 1. The molecule has 0 radical (unpaired) electrons. The molecule has 0 saturated heterocycles. The molecule has 0 spiro atoms. The van der Waals surface area contributed by atoms with Crippen molar-refractivity contribution < 1.29 is 4.79 Å². The number of thiazole rings is 1. The van der Waals surface area contributed by atoms with E-state index in [9.17, 15) is 4.79 Å². The SMILES string of the molecule is Nc1ccccc1NC(=O)c1ccc(Nc2ncc(-c3cnc4c(CC5CC5)cccn34)s2)s1. The molecule has 4 N–H and O–H groups in total. The van der Waals surface area contributed by atoms with Crippen LogP contribution in [0, 0.1) is 5.92 Å². The predicted molar refractivity (Wildman–Crippen MR) is 139 cm³/mol. The maximum Gasteiger partial charge on any atom is 0.265 e. The Kier molecular flexibility index (Phi) is 5.27. The molecule has 170 valence electrons. The van der Waals surface area contributed by atoms with Gasteiger partial charge in [-0.15, -0.1) is 11.3 Å². The van der Waals surface area contributed by atoms with E-state index in [-0.39, 0.29) is 5.91 Å². The number of para-hydroxylation sites is 2. The second kappa shape index (κ2) is 8.58. The molecule has 1 aliphatic rings. The van der Waals surface area contributed by atoms with Gasteiger partial charge in [0, 0.05) is 12.4 Å². The van der Waals surface area contributed by atoms with Crippen molar-refractivity contribution in [1.82, 2.24) is 14.4 Å². The van der Waals surface area contributed by atoms with Crippen molar-refractivity contribution in [2.75, 3.05) is 16.4 Å². The Morgan fingerprint density at radius 2 is 1.94 bits per heavy atom. The number of pyridine rings is 1. The number of amides is 1. The fourth-order valence-corrected chi connectivity index (χ4v) is 5.62. The average molecular weight is 487 g/mol. The van der Waals surface area contributed by atoms with Crippen molar-refractivity contribution in [2.24, 2.45) is 5.92 Å². The van der Waals surface area contributed by atoms with Gasteiger partial charge in [-0.3, -0.25) is 9.20 Å². The highest BCUT2D eigenvalue weighted by molar-refractivity contribution is 7.20. The maximum atomic E-state index is 12.6. The van der Waals surface area contributed by atoms with E-state index < -0.39 is 0 Å². The van der Waals surface area contributed by atoms with Crippen LogP contribution in [0.15, 0.2) is 67.1 Å². The van der Waals surface area contributed by atoms with Crippen LogP contribution < -0.4 is 16.4 Å². The lowest BCUT2D eigenvalue weighted by Crippen LogP contribution is -2.11. The molecule has 0 bridgehead atoms. The molecule has 5 aromatic rings. The summed E-state index contributed by atoms with van der Waals surface area (Å²) in [4.78, 5) is 23.5. The number of carbonyl (C=O) groups excluding carboxylic acids is 1. The predicted octanol–water partition coefficient (Wildman–Crippen LogP) is 6.05. The van der Waals surface area contributed by atoms with Crippen LogP contribution in [0.5, 0.6) is 0 Å². The maximum absolute atomic E-state index is 12.6. The number of imidazole rings is 1. The van der Waals surface area contributed by atoms with E-state index in [1.165, 1.54) is 29.7 Å². The minimum absolute atomic E-state index is 0.191. The summed E-state index contributed by atoms with van der Waals surface area (Å²) < 4.78 is 2.15. The molecule has 1 aliphatic carbocycles. The molecule has 4 aromatic heterocycles. The highest BCUT2D eigenvalue weighted by atomic mass is 32.1. The number of rotatable bonds is 7. The molecule has 1 fully saturated rings. The Morgan fingerprint density at radius 3 is 2.79 bits per heavy atom. The first-order chi connectivity index (χ1) is 16.6. The van der Waals surface area contributed by atoms with Gasteiger partial charge in [-0.2, -0.15) is 0 Å². The molecule has 7 nitrogen and oxygen atoms in total. The number of benzene rings is 1. The van der Waals surface area contributed by atoms with Crippen LogP contribution in [-0.2, 0) is 6.42 Å². The van der Waals surface area contributed by atoms with Gasteiger partial charge in [-0.05, 0) is 61.1 Å². The topological polar surface area (TPSA) is 97.3 Å². The zero-order valence-electron chi connectivity index (χ0n) is 18.2. The number of anilines is 4. The zero-order chi connectivity index (χ0) is 23.1. The highest BCUT2D eigenvalue weighted by Crippen LogP contribution is 2.36. The summed E-state index contributed by atoms with van der Waals surface area (Å²) in [6, 6.07) is 15.2. The molecule has 0 atom stereocenters. The monoisotopic (exact) mass is 486 g/mol. The van der Waals surface area contributed by atoms with Gasteiger partial charge in [0.05, 0.1) is 38.0 Å². The Morgan fingerprint density at radius 1 is 1.06 bits per heavy atom. The van der Waals surface area contributed by atoms with Crippen molar-refractivity contribution in [3.05, 3.63) is 77.6 Å². The number of carbonyl (C=O) groups is 1. The normalized spacial score (nSPS) is 13.3. The number of hydrogen-bond donors (Lipinski definition) is 3. The minimum atomic E-state index is -0.191. The van der Waals surface area contributed by atoms with Crippen LogP contribution in [0.1, 0.15) is 28.1 Å². The Hall–Kier alpha value is -3.69. The molecular formula is C25H22N6OS2. The third kappa shape index (κ3) is 4.15. The molecule has 0 aliphatic heterocycles. The van der Waals surface area contributed by atoms with Crippen molar-refractivity contribution in [3.63, 3.8) is 0 Å². The summed E-state index contributed by atoms with van der Waals surface area (Å²) in [7, 11) is 0. The number of fused-ring (bicyclic) bond motifs is 1. The Labute approximate surface area is 204 Å². The first-order valence-electron chi connectivity index (χ1n) is 11.1. The number of aromatic nitrogens is 3. The van der Waals surface area contributed by atoms with Gasteiger partial charge in [0.15, 0.2) is 5.13 Å². The van der Waals surface area contributed by atoms with E-state index in [1.54, 1.807) is 29.5 Å². The third-order valence-corrected chi connectivity index (χ3v) is 7.78. The first-order valence-corrected chi connectivity index (χ1v) is 12.7. The largest absolute Gasteiger partial charge is 0.397 e. The summed E-state index contributed by atoms with van der Waals surface area (Å²) in [5, 5.41) is 7.79. The van der Waals surface area contributed by atoms with E-state index in [1.807, 2.05) is 30.6 Å². The molecule has 1 saturated carbocycles. The number of nitrogens with zero attached hydrogens (tertiary/aromatic N) is 3. The van der Waals surface area contributed by atoms with Gasteiger partial charge >= 0.3 is 0 Å². The summed E-state index contributed by atoms with van der Waals surface area (Å²) in [6.07, 6.45) is 9.59. The van der Waals surface area contributed by atoms with Gasteiger partial charge in [-0.1, -0.05) is 29.5 Å². The number of hydrogen-bond acceptors (Lipinski definition) is 7. The fraction of sp³-hybridized carbons (Fsp3) is 0.160. The van der Waals surface area contributed by atoms with Crippen LogP contribution in [0.3, 0.4) is 0 Å². The molecule has 9 heteroatoms. The summed E-state index contributed by atoms with van der Waals surface area (Å²) in [5.41, 5.74) is 10.4. The van der Waals surface area contributed by atoms with E-state index in [0.717, 1.165) is 38.7 Å². The average Bonchev–Trinajstić information content (AvgIpc) is 3.21. The van der Waals surface area contributed by atoms with Crippen molar-refractivity contribution in [1.29, 1.82) is 0 Å². The van der Waals surface area contributed by atoms with E-state index in [4.69, 9.17) is 10.7 Å². The number of nitrogens with one attached hydrogen (secondary N) is 2. The molecule has 0 unspecified atom stereocenters. The lowest BCUT2D eigenvalue weighted by molar-refractivity contribution is 0.103. The summed E-state index contributed by atoms with van der Waals surface area (Å²) >= 11 is 2.93. The van der Waals surface area contributed by atoms with Gasteiger partial charge < -0.3 is 16.4 Å². The third-order valence-electron chi connectivity index (χ3n) is 5.85. The van der Waals surface area contributed by atoms with Gasteiger partial charge in [0.2, 0.25) is 0 Å². The lowest BCUT2D eigenvalue weighted by Gasteiger charge is -2.06. The summed E-state index contributed by atoms with van der Waals surface area (Å²) in [5.74, 6) is 0.622. The van der Waals surface area contributed by atoms with E-state index in [0.29, 0.717) is 16.3 Å². The fourth-order valence-electron chi connectivity index (χ4n) is 3.92. The van der Waals surface area contributed by atoms with Gasteiger partial charge in [-0.25, -0.2) is 9.97 Å². The smallest absolute Gasteiger partial charge is 0.265 e. The number of nitrogens with two attached hydrogens (primary N) is 1. The molecule has 1 amide bonds. The van der Waals surface area contributed by atoms with Gasteiger partial charge in [0.25, 0.3) is 5.91 Å². The van der Waals surface area contributed by atoms with Crippen molar-refractivity contribution in [3.8, 4) is 10.6 Å². The molecule has 1 aromatic carbocycles. The standard InChI is InChI=1S/C25H22N6OS2/c26-17-5-1-2-6-18(17)29-24(32)20-9-10-22(33-20)30-25-28-14-21(34-25)19-13-27-23-16(12-15-7-8-15)4-3-11-31(19)23/h1-6,9-11,13-15H,7-8,12,26H2,(H,28,30)(H,29,32). The molecule has 6 rings (SSSR count). The van der Waals surface area contributed by atoms with Crippen LogP contribution in [0.4, 0.5) is 21.5 Å². The molecular weight excluding hydrogens is 464 g/mol. The van der Waals surface area contributed by atoms with Crippen LogP contribution >= 0.6 is 22.7 Å². The quantitative estimate of drug-likeness (QED) is 0.243. The van der Waals surface area contributed by atoms with Crippen LogP contribution in [0.2, 0.25) is 0 Å². The number of nitrogen functional groups attached to an aromatic ring is 1. The van der Waals surface area contributed by atoms with E-state index in [2.05, 4.69) is 38.3 Å². The molecule has 34 heavy (non-hydrogen) atoms. The lowest BCUT2D eigenvalue weighted by atomic mass is 10.1. The Balaban J connectivity index is 1.18. The zero-order valence-corrected chi connectivity index (χ0v) is 19.8. The summed E-state index contributed by atoms with van der Waals surface area (Å²) in [6.45, 7) is 0. The second-order valence-corrected chi connectivity index (χ2v) is 10.5. The minimum Gasteiger partial charge on any atom is -0.397 e. The van der Waals surface area contributed by atoms with Crippen molar-refractivity contribution in [2.45, 2.75) is 19.3 Å². The first kappa shape index (κ1) is 20.9. The van der Waals surface area contributed by atoms with Crippen LogP contribution in [-0.4, -0.2) is 20.3 Å². The van der Waals surface area contributed by atoms with E-state index >= 15 is 0 Å². The van der Waals surface area contributed by atoms with Crippen molar-refractivity contribution >= 4 is 55.7 Å². The van der Waals surface area contributed by atoms with Gasteiger partial charge in [0.1, 0.15) is 5.65 Å². The molecule has 4 heterocycles. The second-order valence-electron chi connectivity index (χ2n) is 8.38. The van der Waals surface area contributed by atoms with Crippen LogP contribution in [0.25, 0.3) is 16.2 Å². The highest BCUT2D eigenvalue weighted by Gasteiger charge is 2.23. The Bertz CT molecular complexity index is 1500.